The van der Waals surface area contributed by atoms with Gasteiger partial charge in [-0.2, -0.15) is 0 Å². The number of amides is 1. The molecule has 0 aliphatic carbocycles. The SMILES string of the molecule is C[C@@H](Sc1ccc(Cl)cc1)C(=O)NCc1cccc2ccccc12. The minimum Gasteiger partial charge on any atom is -0.351 e. The van der Waals surface area contributed by atoms with Crippen molar-refractivity contribution < 1.29 is 4.79 Å². The second-order valence-corrected chi connectivity index (χ2v) is 7.42. The monoisotopic (exact) mass is 355 g/mol. The van der Waals surface area contributed by atoms with Gasteiger partial charge >= 0.3 is 0 Å². The molecule has 0 fully saturated rings. The number of nitrogens with one attached hydrogen (secondary N) is 1. The van der Waals surface area contributed by atoms with E-state index in [1.165, 1.54) is 22.5 Å². The number of carbonyl (C=O) groups is 1. The van der Waals surface area contributed by atoms with Crippen LogP contribution in [0, 0.1) is 0 Å². The van der Waals surface area contributed by atoms with Crippen molar-refractivity contribution in [2.45, 2.75) is 23.6 Å². The van der Waals surface area contributed by atoms with Crippen LogP contribution < -0.4 is 5.32 Å². The van der Waals surface area contributed by atoms with Gasteiger partial charge in [0, 0.05) is 16.5 Å². The van der Waals surface area contributed by atoms with E-state index in [0.29, 0.717) is 11.6 Å². The number of fused-ring (bicyclic) bond motifs is 1. The molecule has 0 heterocycles. The molecule has 0 bridgehead atoms. The Morgan fingerprint density at radius 3 is 2.54 bits per heavy atom. The van der Waals surface area contributed by atoms with Crippen molar-refractivity contribution in [3.63, 3.8) is 0 Å². The Morgan fingerprint density at radius 1 is 1.04 bits per heavy atom. The summed E-state index contributed by atoms with van der Waals surface area (Å²) < 4.78 is 0. The maximum Gasteiger partial charge on any atom is 0.233 e. The Hall–Kier alpha value is -1.97. The third kappa shape index (κ3) is 4.11. The topological polar surface area (TPSA) is 29.1 Å². The molecular formula is C20H18ClNOS. The maximum absolute atomic E-state index is 12.4. The molecule has 0 aliphatic heterocycles. The van der Waals surface area contributed by atoms with Crippen LogP contribution in [0.1, 0.15) is 12.5 Å². The Morgan fingerprint density at radius 2 is 1.75 bits per heavy atom. The third-order valence-electron chi connectivity index (χ3n) is 3.83. The predicted molar refractivity (Wildman–Crippen MR) is 103 cm³/mol. The van der Waals surface area contributed by atoms with Crippen molar-refractivity contribution in [3.8, 4) is 0 Å². The third-order valence-corrected chi connectivity index (χ3v) is 5.19. The van der Waals surface area contributed by atoms with E-state index in [1.54, 1.807) is 0 Å². The molecule has 3 aromatic rings. The van der Waals surface area contributed by atoms with Crippen LogP contribution in [-0.2, 0) is 11.3 Å². The first kappa shape index (κ1) is 16.9. The van der Waals surface area contributed by atoms with Crippen molar-refractivity contribution in [1.29, 1.82) is 0 Å². The average molecular weight is 356 g/mol. The van der Waals surface area contributed by atoms with Crippen molar-refractivity contribution in [2.24, 2.45) is 0 Å². The van der Waals surface area contributed by atoms with Gasteiger partial charge in [-0.1, -0.05) is 54.1 Å². The summed E-state index contributed by atoms with van der Waals surface area (Å²) in [6, 6.07) is 21.9. The number of rotatable bonds is 5. The summed E-state index contributed by atoms with van der Waals surface area (Å²) in [6.07, 6.45) is 0. The molecule has 3 aromatic carbocycles. The average Bonchev–Trinajstić information content (AvgIpc) is 2.61. The Balaban J connectivity index is 1.63. The molecule has 1 N–H and O–H groups in total. The van der Waals surface area contributed by atoms with Gasteiger partial charge in [-0.25, -0.2) is 0 Å². The predicted octanol–water partition coefficient (Wildman–Crippen LogP) is 5.29. The van der Waals surface area contributed by atoms with E-state index in [9.17, 15) is 4.79 Å². The molecule has 1 amide bonds. The number of thioether (sulfide) groups is 1. The molecule has 0 unspecified atom stereocenters. The fourth-order valence-electron chi connectivity index (χ4n) is 2.54. The highest BCUT2D eigenvalue weighted by molar-refractivity contribution is 8.00. The van der Waals surface area contributed by atoms with Gasteiger partial charge in [0.15, 0.2) is 0 Å². The fourth-order valence-corrected chi connectivity index (χ4v) is 3.56. The van der Waals surface area contributed by atoms with E-state index in [0.717, 1.165) is 10.5 Å². The molecule has 24 heavy (non-hydrogen) atoms. The maximum atomic E-state index is 12.4. The first-order chi connectivity index (χ1) is 11.6. The van der Waals surface area contributed by atoms with Gasteiger partial charge < -0.3 is 5.32 Å². The molecule has 2 nitrogen and oxygen atoms in total. The van der Waals surface area contributed by atoms with Gasteiger partial charge in [0.2, 0.25) is 5.91 Å². The number of carbonyl (C=O) groups excluding carboxylic acids is 1. The molecular weight excluding hydrogens is 338 g/mol. The summed E-state index contributed by atoms with van der Waals surface area (Å²) in [7, 11) is 0. The van der Waals surface area contributed by atoms with Crippen molar-refractivity contribution in [2.75, 3.05) is 0 Å². The molecule has 4 heteroatoms. The summed E-state index contributed by atoms with van der Waals surface area (Å²) in [4.78, 5) is 13.4. The van der Waals surface area contributed by atoms with Crippen LogP contribution in [0.3, 0.4) is 0 Å². The number of hydrogen-bond donors (Lipinski definition) is 1. The Kier molecular flexibility index (Phi) is 5.44. The molecule has 0 saturated heterocycles. The second kappa shape index (κ2) is 7.73. The molecule has 0 aromatic heterocycles. The molecule has 1 atom stereocenters. The lowest BCUT2D eigenvalue weighted by atomic mass is 10.0. The van der Waals surface area contributed by atoms with Gasteiger partial charge in [-0.3, -0.25) is 4.79 Å². The first-order valence-corrected chi connectivity index (χ1v) is 9.06. The van der Waals surface area contributed by atoms with Crippen LogP contribution >= 0.6 is 23.4 Å². The van der Waals surface area contributed by atoms with Gasteiger partial charge in [0.05, 0.1) is 5.25 Å². The van der Waals surface area contributed by atoms with Crippen LogP contribution in [0.5, 0.6) is 0 Å². The largest absolute Gasteiger partial charge is 0.351 e. The van der Waals surface area contributed by atoms with E-state index >= 15 is 0 Å². The van der Waals surface area contributed by atoms with E-state index < -0.39 is 0 Å². The van der Waals surface area contributed by atoms with Crippen LogP contribution in [-0.4, -0.2) is 11.2 Å². The Labute approximate surface area is 151 Å². The zero-order valence-corrected chi connectivity index (χ0v) is 14.9. The minimum atomic E-state index is -0.166. The summed E-state index contributed by atoms with van der Waals surface area (Å²) >= 11 is 7.42. The van der Waals surface area contributed by atoms with E-state index in [4.69, 9.17) is 11.6 Å². The number of halogens is 1. The van der Waals surface area contributed by atoms with E-state index in [2.05, 4.69) is 29.6 Å². The van der Waals surface area contributed by atoms with E-state index in [-0.39, 0.29) is 11.2 Å². The van der Waals surface area contributed by atoms with Gasteiger partial charge in [-0.15, -0.1) is 11.8 Å². The van der Waals surface area contributed by atoms with Crippen molar-refractivity contribution in [1.82, 2.24) is 5.32 Å². The number of benzene rings is 3. The van der Waals surface area contributed by atoms with Crippen LogP contribution in [0.4, 0.5) is 0 Å². The highest BCUT2D eigenvalue weighted by Crippen LogP contribution is 2.25. The lowest BCUT2D eigenvalue weighted by Crippen LogP contribution is -2.30. The molecule has 122 valence electrons. The van der Waals surface area contributed by atoms with Crippen molar-refractivity contribution >= 4 is 40.0 Å². The first-order valence-electron chi connectivity index (χ1n) is 7.80. The molecule has 0 saturated carbocycles. The lowest BCUT2D eigenvalue weighted by Gasteiger charge is -2.13. The molecule has 3 rings (SSSR count). The highest BCUT2D eigenvalue weighted by atomic mass is 35.5. The summed E-state index contributed by atoms with van der Waals surface area (Å²) in [6.45, 7) is 2.45. The van der Waals surface area contributed by atoms with Gasteiger partial charge in [0.25, 0.3) is 0 Å². The molecule has 0 radical (unpaired) electrons. The molecule has 0 aliphatic rings. The van der Waals surface area contributed by atoms with E-state index in [1.807, 2.05) is 49.4 Å². The van der Waals surface area contributed by atoms with Crippen molar-refractivity contribution in [3.05, 3.63) is 77.3 Å². The quantitative estimate of drug-likeness (QED) is 0.630. The fraction of sp³-hybridized carbons (Fsp3) is 0.150. The highest BCUT2D eigenvalue weighted by Gasteiger charge is 2.14. The normalized spacial score (nSPS) is 12.1. The summed E-state index contributed by atoms with van der Waals surface area (Å²) in [5.41, 5.74) is 1.13. The number of hydrogen-bond acceptors (Lipinski definition) is 2. The Bertz CT molecular complexity index is 842. The summed E-state index contributed by atoms with van der Waals surface area (Å²) in [5, 5.41) is 5.94. The van der Waals surface area contributed by atoms with Gasteiger partial charge in [0.1, 0.15) is 0 Å². The minimum absolute atomic E-state index is 0.0304. The van der Waals surface area contributed by atoms with Gasteiger partial charge in [-0.05, 0) is 47.5 Å². The lowest BCUT2D eigenvalue weighted by molar-refractivity contribution is -0.120. The van der Waals surface area contributed by atoms with Crippen LogP contribution in [0.15, 0.2) is 71.6 Å². The zero-order chi connectivity index (χ0) is 16.9. The second-order valence-electron chi connectivity index (χ2n) is 5.57. The summed E-state index contributed by atoms with van der Waals surface area (Å²) in [5.74, 6) is 0.0304. The zero-order valence-electron chi connectivity index (χ0n) is 13.3. The standard InChI is InChI=1S/C20H18ClNOS/c1-14(24-18-11-9-17(21)10-12-18)20(23)22-13-16-7-4-6-15-5-2-3-8-19(15)16/h2-12,14H,13H2,1H3,(H,22,23)/t14-/m1/s1. The smallest absolute Gasteiger partial charge is 0.233 e. The van der Waals surface area contributed by atoms with Crippen LogP contribution in [0.2, 0.25) is 5.02 Å². The molecule has 0 spiro atoms. The van der Waals surface area contributed by atoms with Crippen LogP contribution in [0.25, 0.3) is 10.8 Å².